The van der Waals surface area contributed by atoms with Crippen LogP contribution in [0.1, 0.15) is 41.5 Å². The summed E-state index contributed by atoms with van der Waals surface area (Å²) in [4.78, 5) is 25.2. The van der Waals surface area contributed by atoms with Crippen molar-refractivity contribution in [3.63, 3.8) is 0 Å². The van der Waals surface area contributed by atoms with Gasteiger partial charge in [0.1, 0.15) is 5.60 Å². The molecule has 0 spiro atoms. The Labute approximate surface area is 139 Å². The molecule has 0 aromatic rings. The number of carbonyl (C=O) groups excluding carboxylic acids is 1. The largest absolute Gasteiger partial charge is 0.480 e. The number of likely N-dealkylation sites (tertiary alicyclic amines) is 1. The van der Waals surface area contributed by atoms with Crippen LogP contribution in [0.4, 0.5) is 4.79 Å². The molecular weight excluding hydrogens is 314 g/mol. The Morgan fingerprint density at radius 3 is 1.96 bits per heavy atom. The molecule has 2 N–H and O–H groups in total. The van der Waals surface area contributed by atoms with Crippen LogP contribution >= 0.6 is 0 Å². The Morgan fingerprint density at radius 2 is 1.61 bits per heavy atom. The summed E-state index contributed by atoms with van der Waals surface area (Å²) in [5.41, 5.74) is -0.920. The van der Waals surface area contributed by atoms with Gasteiger partial charge in [-0.25, -0.2) is 9.59 Å². The quantitative estimate of drug-likeness (QED) is 0.751. The molecule has 134 valence electrons. The third kappa shape index (κ3) is 4.06. The molecule has 0 radical (unpaired) electrons. The van der Waals surface area contributed by atoms with Gasteiger partial charge < -0.3 is 14.9 Å². The van der Waals surface area contributed by atoms with Gasteiger partial charge in [-0.15, -0.1) is 0 Å². The van der Waals surface area contributed by atoms with E-state index in [-0.39, 0.29) is 17.1 Å². The highest BCUT2D eigenvalue weighted by atomic mass is 28.3. The van der Waals surface area contributed by atoms with Gasteiger partial charge in [-0.05, 0) is 25.8 Å². The minimum absolute atomic E-state index is 0.0222. The molecule has 3 atom stereocenters. The van der Waals surface area contributed by atoms with E-state index in [0.29, 0.717) is 0 Å². The number of aliphatic hydroxyl groups excluding tert-OH is 1. The Balaban J connectivity index is 3.15. The van der Waals surface area contributed by atoms with Gasteiger partial charge in [0.2, 0.25) is 0 Å². The van der Waals surface area contributed by atoms with Crippen molar-refractivity contribution in [2.45, 2.75) is 83.0 Å². The molecule has 0 bridgehead atoms. The number of hydrogen-bond acceptors (Lipinski definition) is 4. The summed E-state index contributed by atoms with van der Waals surface area (Å²) >= 11 is 0. The molecule has 1 amide bonds. The lowest BCUT2D eigenvalue weighted by Gasteiger charge is -2.42. The summed E-state index contributed by atoms with van der Waals surface area (Å²) < 4.78 is 5.32. The summed E-state index contributed by atoms with van der Waals surface area (Å²) in [5, 5.41) is 20.1. The van der Waals surface area contributed by atoms with E-state index in [9.17, 15) is 19.8 Å². The second-order valence-corrected chi connectivity index (χ2v) is 14.7. The molecule has 1 aliphatic rings. The predicted molar refractivity (Wildman–Crippen MR) is 91.3 cm³/mol. The number of aliphatic carboxylic acids is 1. The lowest BCUT2D eigenvalue weighted by atomic mass is 10.1. The number of carbonyl (C=O) groups is 2. The number of amides is 1. The van der Waals surface area contributed by atoms with Gasteiger partial charge in [-0.1, -0.05) is 33.9 Å². The van der Waals surface area contributed by atoms with Crippen LogP contribution in [0.15, 0.2) is 0 Å². The van der Waals surface area contributed by atoms with Gasteiger partial charge in [-0.2, -0.15) is 0 Å². The Morgan fingerprint density at radius 1 is 1.13 bits per heavy atom. The summed E-state index contributed by atoms with van der Waals surface area (Å²) in [7, 11) is -2.03. The number of ether oxygens (including phenoxy) is 1. The third-order valence-corrected chi connectivity index (χ3v) is 11.5. The van der Waals surface area contributed by atoms with Crippen LogP contribution in [0.2, 0.25) is 23.7 Å². The Bertz CT molecular complexity index is 478. The Hall–Kier alpha value is -1.08. The topological polar surface area (TPSA) is 87.1 Å². The number of aliphatic hydroxyl groups is 1. The first-order chi connectivity index (χ1) is 10.1. The Kier molecular flexibility index (Phi) is 5.28. The minimum Gasteiger partial charge on any atom is -0.480 e. The summed E-state index contributed by atoms with van der Waals surface area (Å²) in [5.74, 6) is -1.19. The summed E-state index contributed by atoms with van der Waals surface area (Å²) in [6.45, 7) is 16.0. The first-order valence-electron chi connectivity index (χ1n) is 8.00. The van der Waals surface area contributed by atoms with Gasteiger partial charge in [-0.3, -0.25) is 4.90 Å². The molecule has 1 aliphatic heterocycles. The number of carboxylic acids is 1. The number of carboxylic acid groups (broad SMARTS) is 1. The van der Waals surface area contributed by atoms with Crippen LogP contribution in [0.5, 0.6) is 0 Å². The molecule has 0 aromatic carbocycles. The maximum Gasteiger partial charge on any atom is 0.411 e. The standard InChI is InChI=1S/C16H31NO5Si/c1-15(2,3)22-14(21)17-9-10(12(18)11(17)13(19)20)23(7,8)16(4,5)6/h10-12,18H,9H2,1-8H3,(H,19,20)/t10?,11-,12?/m0/s1. The van der Waals surface area contributed by atoms with Gasteiger partial charge in [0.05, 0.1) is 14.2 Å². The normalized spacial score (nSPS) is 26.3. The van der Waals surface area contributed by atoms with Crippen LogP contribution in [-0.4, -0.2) is 59.5 Å². The maximum atomic E-state index is 12.4. The highest BCUT2D eigenvalue weighted by Gasteiger charge is 2.56. The maximum absolute atomic E-state index is 12.4. The van der Waals surface area contributed by atoms with Crippen molar-refractivity contribution in [2.24, 2.45) is 0 Å². The van der Waals surface area contributed by atoms with Crippen LogP contribution < -0.4 is 0 Å². The number of nitrogens with zero attached hydrogens (tertiary/aromatic N) is 1. The summed E-state index contributed by atoms with van der Waals surface area (Å²) in [6.07, 6.45) is -1.74. The molecule has 7 heteroatoms. The molecule has 1 saturated heterocycles. The second-order valence-electron chi connectivity index (χ2n) is 8.98. The van der Waals surface area contributed by atoms with Gasteiger partial charge in [0, 0.05) is 12.1 Å². The number of hydrogen-bond donors (Lipinski definition) is 2. The molecule has 2 unspecified atom stereocenters. The average Bonchev–Trinajstić information content (AvgIpc) is 2.63. The first kappa shape index (κ1) is 20.0. The third-order valence-electron chi connectivity index (χ3n) is 5.21. The molecule has 1 fully saturated rings. The fraction of sp³-hybridized carbons (Fsp3) is 0.875. The molecule has 6 nitrogen and oxygen atoms in total. The van der Waals surface area contributed by atoms with Crippen molar-refractivity contribution in [1.29, 1.82) is 0 Å². The van der Waals surface area contributed by atoms with Crippen molar-refractivity contribution >= 4 is 20.1 Å². The van der Waals surface area contributed by atoms with Crippen LogP contribution in [0.3, 0.4) is 0 Å². The van der Waals surface area contributed by atoms with E-state index in [0.717, 1.165) is 0 Å². The monoisotopic (exact) mass is 345 g/mol. The van der Waals surface area contributed by atoms with E-state index >= 15 is 0 Å². The molecule has 0 aliphatic carbocycles. The fourth-order valence-electron chi connectivity index (χ4n) is 2.84. The van der Waals surface area contributed by atoms with Crippen molar-refractivity contribution in [3.8, 4) is 0 Å². The highest BCUT2D eigenvalue weighted by molar-refractivity contribution is 6.81. The van der Waals surface area contributed by atoms with Crippen molar-refractivity contribution < 1.29 is 24.5 Å². The van der Waals surface area contributed by atoms with Crippen molar-refractivity contribution in [1.82, 2.24) is 4.90 Å². The predicted octanol–water partition coefficient (Wildman–Crippen LogP) is 2.93. The average molecular weight is 346 g/mol. The SMILES string of the molecule is CC(C)(C)OC(=O)N1CC([Si](C)(C)C(C)(C)C)C(O)[C@H]1C(=O)O. The van der Waals surface area contributed by atoms with E-state index < -0.39 is 37.9 Å². The van der Waals surface area contributed by atoms with Crippen molar-refractivity contribution in [3.05, 3.63) is 0 Å². The highest BCUT2D eigenvalue weighted by Crippen LogP contribution is 2.48. The lowest BCUT2D eigenvalue weighted by molar-refractivity contribution is -0.144. The second kappa shape index (κ2) is 6.09. The van der Waals surface area contributed by atoms with Gasteiger partial charge in [0.15, 0.2) is 6.04 Å². The van der Waals surface area contributed by atoms with Gasteiger partial charge >= 0.3 is 12.1 Å². The minimum atomic E-state index is -2.03. The molecule has 0 aromatic heterocycles. The van der Waals surface area contributed by atoms with E-state index in [1.54, 1.807) is 20.8 Å². The van der Waals surface area contributed by atoms with Gasteiger partial charge in [0.25, 0.3) is 0 Å². The molecule has 1 heterocycles. The van der Waals surface area contributed by atoms with E-state index in [1.807, 2.05) is 0 Å². The lowest BCUT2D eigenvalue weighted by Crippen LogP contribution is -2.48. The smallest absolute Gasteiger partial charge is 0.411 e. The van der Waals surface area contributed by atoms with E-state index in [1.165, 1.54) is 4.90 Å². The zero-order valence-corrected chi connectivity index (χ0v) is 16.5. The fourth-order valence-corrected chi connectivity index (χ4v) is 5.64. The summed E-state index contributed by atoms with van der Waals surface area (Å²) in [6, 6.07) is -1.25. The molecule has 23 heavy (non-hydrogen) atoms. The van der Waals surface area contributed by atoms with Crippen LogP contribution in [0, 0.1) is 0 Å². The zero-order chi connectivity index (χ0) is 18.4. The molecular formula is C16H31NO5Si. The van der Waals surface area contributed by atoms with Crippen LogP contribution in [-0.2, 0) is 9.53 Å². The zero-order valence-electron chi connectivity index (χ0n) is 15.5. The van der Waals surface area contributed by atoms with Crippen molar-refractivity contribution in [2.75, 3.05) is 6.54 Å². The first-order valence-corrected chi connectivity index (χ1v) is 11.1. The van der Waals surface area contributed by atoms with E-state index in [2.05, 4.69) is 33.9 Å². The molecule has 0 saturated carbocycles. The molecule has 1 rings (SSSR count). The van der Waals surface area contributed by atoms with E-state index in [4.69, 9.17) is 4.74 Å². The van der Waals surface area contributed by atoms with Crippen LogP contribution in [0.25, 0.3) is 0 Å². The number of rotatable bonds is 2.